The van der Waals surface area contributed by atoms with E-state index in [2.05, 4.69) is 15.3 Å². The van der Waals surface area contributed by atoms with Gasteiger partial charge in [0.05, 0.1) is 11.6 Å². The van der Waals surface area contributed by atoms with Gasteiger partial charge in [-0.1, -0.05) is 0 Å². The molecule has 2 aliphatic rings. The fraction of sp³-hybridized carbons (Fsp3) is 0.300. The van der Waals surface area contributed by atoms with E-state index in [9.17, 15) is 14.7 Å². The summed E-state index contributed by atoms with van der Waals surface area (Å²) in [7, 11) is 1.69. The second-order valence-corrected chi connectivity index (χ2v) is 7.55. The lowest BCUT2D eigenvalue weighted by Gasteiger charge is -2.33. The van der Waals surface area contributed by atoms with Crippen LogP contribution in [0.2, 0.25) is 0 Å². The van der Waals surface area contributed by atoms with Crippen LogP contribution in [0.5, 0.6) is 5.75 Å². The Kier molecular flexibility index (Phi) is 4.38. The van der Waals surface area contributed by atoms with Crippen LogP contribution in [-0.4, -0.2) is 58.6 Å². The summed E-state index contributed by atoms with van der Waals surface area (Å²) in [5.41, 5.74) is -0.549. The molecule has 11 heteroatoms. The molecule has 5 rings (SSSR count). The molecule has 1 saturated heterocycles. The molecule has 31 heavy (non-hydrogen) atoms. The Morgan fingerprint density at radius 2 is 2.23 bits per heavy atom. The number of carboxylic acids is 1. The summed E-state index contributed by atoms with van der Waals surface area (Å²) in [5.74, 6) is -1.11. The summed E-state index contributed by atoms with van der Waals surface area (Å²) < 4.78 is 22.6. The van der Waals surface area contributed by atoms with Crippen LogP contribution in [0.15, 0.2) is 35.6 Å². The Hall–Kier alpha value is -3.89. The highest BCUT2D eigenvalue weighted by molar-refractivity contribution is 5.97. The first-order valence-corrected chi connectivity index (χ1v) is 9.71. The zero-order chi connectivity index (χ0) is 21.7. The topological polar surface area (TPSA) is 113 Å². The Morgan fingerprint density at radius 1 is 1.39 bits per heavy atom. The summed E-state index contributed by atoms with van der Waals surface area (Å²) >= 11 is 0. The minimum Gasteiger partial charge on any atom is -0.477 e. The van der Waals surface area contributed by atoms with E-state index >= 15 is 4.39 Å². The summed E-state index contributed by atoms with van der Waals surface area (Å²) in [5, 5.41) is 14.3. The van der Waals surface area contributed by atoms with Crippen molar-refractivity contribution in [1.29, 1.82) is 0 Å². The van der Waals surface area contributed by atoms with Crippen molar-refractivity contribution in [3.05, 3.63) is 52.5 Å². The van der Waals surface area contributed by atoms with Gasteiger partial charge in [-0.15, -0.1) is 0 Å². The van der Waals surface area contributed by atoms with Gasteiger partial charge in [0, 0.05) is 44.8 Å². The molecule has 0 aliphatic carbocycles. The molecule has 0 spiro atoms. The predicted octanol–water partition coefficient (Wildman–Crippen LogP) is 1.24. The van der Waals surface area contributed by atoms with E-state index in [1.165, 1.54) is 10.9 Å². The number of rotatable bonds is 4. The van der Waals surface area contributed by atoms with Crippen LogP contribution in [0.25, 0.3) is 10.9 Å². The molecular formula is C20H19FN6O4. The van der Waals surface area contributed by atoms with Crippen molar-refractivity contribution in [2.24, 2.45) is 0 Å². The number of nitrogens with one attached hydrogen (secondary N) is 1. The Labute approximate surface area is 175 Å². The van der Waals surface area contributed by atoms with Gasteiger partial charge in [-0.05, 0) is 12.5 Å². The fourth-order valence-corrected chi connectivity index (χ4v) is 4.13. The summed E-state index contributed by atoms with van der Waals surface area (Å²) in [6, 6.07) is 1.13. The quantitative estimate of drug-likeness (QED) is 0.636. The van der Waals surface area contributed by atoms with Crippen molar-refractivity contribution in [3.63, 3.8) is 0 Å². The monoisotopic (exact) mass is 426 g/mol. The SMILES string of the molecule is CN1COc2c(N3CC[C@H](Nc4cnccn4)C3)c(F)cc3c(=O)c(C(=O)O)cn1c23. The molecule has 0 amide bonds. The van der Waals surface area contributed by atoms with Crippen LogP contribution in [0.3, 0.4) is 0 Å². The number of carbonyl (C=O) groups is 1. The Morgan fingerprint density at radius 3 is 2.97 bits per heavy atom. The maximum absolute atomic E-state index is 15.3. The Balaban J connectivity index is 1.58. The average Bonchev–Trinajstić information content (AvgIpc) is 3.20. The summed E-state index contributed by atoms with van der Waals surface area (Å²) in [4.78, 5) is 34.3. The van der Waals surface area contributed by atoms with Crippen LogP contribution in [0, 0.1) is 5.82 Å². The number of hydrogen-bond donors (Lipinski definition) is 2. The zero-order valence-electron chi connectivity index (χ0n) is 16.6. The second-order valence-electron chi connectivity index (χ2n) is 7.55. The molecule has 1 aromatic carbocycles. The van der Waals surface area contributed by atoms with Crippen molar-refractivity contribution < 1.29 is 19.0 Å². The molecule has 4 heterocycles. The van der Waals surface area contributed by atoms with Crippen LogP contribution in [-0.2, 0) is 0 Å². The third-order valence-electron chi connectivity index (χ3n) is 5.57. The molecule has 0 saturated carbocycles. The summed E-state index contributed by atoms with van der Waals surface area (Å²) in [6.45, 7) is 1.16. The van der Waals surface area contributed by atoms with Gasteiger partial charge in [0.25, 0.3) is 0 Å². The maximum atomic E-state index is 15.3. The smallest absolute Gasteiger partial charge is 0.341 e. The number of hydrogen-bond acceptors (Lipinski definition) is 8. The number of nitrogens with zero attached hydrogens (tertiary/aromatic N) is 5. The number of aromatic nitrogens is 3. The lowest BCUT2D eigenvalue weighted by atomic mass is 10.1. The number of aromatic carboxylic acids is 1. The lowest BCUT2D eigenvalue weighted by Crippen LogP contribution is -2.40. The van der Waals surface area contributed by atoms with Crippen molar-refractivity contribution in [2.45, 2.75) is 12.5 Å². The van der Waals surface area contributed by atoms with Gasteiger partial charge < -0.3 is 20.1 Å². The van der Waals surface area contributed by atoms with Crippen LogP contribution >= 0.6 is 0 Å². The first kappa shape index (κ1) is 19.1. The minimum absolute atomic E-state index is 0.0295. The molecule has 1 fully saturated rings. The highest BCUT2D eigenvalue weighted by Crippen LogP contribution is 2.41. The van der Waals surface area contributed by atoms with E-state index in [1.54, 1.807) is 30.6 Å². The minimum atomic E-state index is -1.36. The third-order valence-corrected chi connectivity index (χ3v) is 5.57. The molecule has 3 aromatic rings. The van der Waals surface area contributed by atoms with Gasteiger partial charge in [0.1, 0.15) is 22.6 Å². The van der Waals surface area contributed by atoms with Gasteiger partial charge in [-0.25, -0.2) is 14.2 Å². The summed E-state index contributed by atoms with van der Waals surface area (Å²) in [6.07, 6.45) is 6.81. The molecule has 160 valence electrons. The molecule has 2 aromatic heterocycles. The molecule has 10 nitrogen and oxygen atoms in total. The zero-order valence-corrected chi connectivity index (χ0v) is 16.6. The van der Waals surface area contributed by atoms with Gasteiger partial charge in [0.15, 0.2) is 18.3 Å². The van der Waals surface area contributed by atoms with Crippen LogP contribution < -0.4 is 25.4 Å². The van der Waals surface area contributed by atoms with Crippen LogP contribution in [0.4, 0.5) is 15.9 Å². The van der Waals surface area contributed by atoms with Crippen molar-refractivity contribution >= 4 is 28.4 Å². The molecule has 2 N–H and O–H groups in total. The lowest BCUT2D eigenvalue weighted by molar-refractivity contribution is 0.0694. The molecule has 0 unspecified atom stereocenters. The molecule has 0 bridgehead atoms. The number of pyridine rings is 1. The first-order chi connectivity index (χ1) is 14.9. The van der Waals surface area contributed by atoms with E-state index < -0.39 is 22.8 Å². The van der Waals surface area contributed by atoms with Gasteiger partial charge in [-0.3, -0.25) is 19.5 Å². The number of benzene rings is 1. The number of carboxylic acid groups (broad SMARTS) is 1. The highest BCUT2D eigenvalue weighted by Gasteiger charge is 2.32. The molecule has 1 atom stereocenters. The van der Waals surface area contributed by atoms with Crippen molar-refractivity contribution in [2.75, 3.05) is 42.1 Å². The first-order valence-electron chi connectivity index (χ1n) is 9.71. The van der Waals surface area contributed by atoms with E-state index in [1.807, 2.05) is 4.90 Å². The van der Waals surface area contributed by atoms with Crippen molar-refractivity contribution in [3.8, 4) is 5.75 Å². The van der Waals surface area contributed by atoms with E-state index in [4.69, 9.17) is 4.74 Å². The highest BCUT2D eigenvalue weighted by atomic mass is 19.1. The molecule has 2 aliphatic heterocycles. The normalized spacial score (nSPS) is 17.7. The van der Waals surface area contributed by atoms with E-state index in [0.29, 0.717) is 24.4 Å². The third kappa shape index (κ3) is 3.09. The standard InChI is InChI=1S/C20H19FN6O4/c1-25-10-31-19-16-12(18(28)13(20(29)30)9-27(16)25)6-14(21)17(19)26-5-2-11(8-26)24-15-7-22-3-4-23-15/h3-4,6-7,9,11H,2,5,8,10H2,1H3,(H,23,24)(H,29,30)/t11-/m0/s1. The maximum Gasteiger partial charge on any atom is 0.341 e. The van der Waals surface area contributed by atoms with Crippen molar-refractivity contribution in [1.82, 2.24) is 14.6 Å². The Bertz CT molecular complexity index is 1250. The fourth-order valence-electron chi connectivity index (χ4n) is 4.13. The predicted molar refractivity (Wildman–Crippen MR) is 111 cm³/mol. The molecule has 0 radical (unpaired) electrons. The molecular weight excluding hydrogens is 407 g/mol. The number of halogens is 1. The number of ether oxygens (including phenoxy) is 1. The van der Waals surface area contributed by atoms with Gasteiger partial charge in [-0.2, -0.15) is 0 Å². The van der Waals surface area contributed by atoms with E-state index in [0.717, 1.165) is 12.5 Å². The average molecular weight is 426 g/mol. The van der Waals surface area contributed by atoms with Gasteiger partial charge >= 0.3 is 5.97 Å². The van der Waals surface area contributed by atoms with Gasteiger partial charge in [0.2, 0.25) is 5.43 Å². The largest absolute Gasteiger partial charge is 0.477 e. The van der Waals surface area contributed by atoms with Crippen LogP contribution in [0.1, 0.15) is 16.8 Å². The number of anilines is 2. The second kappa shape index (κ2) is 7.11. The van der Waals surface area contributed by atoms with E-state index in [-0.39, 0.29) is 29.6 Å².